The monoisotopic (exact) mass is 223 g/mol. The summed E-state index contributed by atoms with van der Waals surface area (Å²) < 4.78 is 10.8. The fraction of sp³-hybridized carbons (Fsp3) is 0.818. The summed E-state index contributed by atoms with van der Waals surface area (Å²) in [5.41, 5.74) is 5.91. The largest absolute Gasteiger partial charge is 0.367 e. The van der Waals surface area contributed by atoms with Gasteiger partial charge in [0.05, 0.1) is 6.10 Å². The SMILES string of the molecule is NC1CCCC1OCc1nc(C2CC2)no1. The van der Waals surface area contributed by atoms with Gasteiger partial charge in [0.2, 0.25) is 0 Å². The van der Waals surface area contributed by atoms with Crippen LogP contribution in [0.25, 0.3) is 0 Å². The molecule has 2 unspecified atom stereocenters. The van der Waals surface area contributed by atoms with Gasteiger partial charge < -0.3 is 15.0 Å². The van der Waals surface area contributed by atoms with Gasteiger partial charge in [-0.3, -0.25) is 0 Å². The Morgan fingerprint density at radius 2 is 2.19 bits per heavy atom. The van der Waals surface area contributed by atoms with Crippen LogP contribution in [-0.4, -0.2) is 22.3 Å². The molecular weight excluding hydrogens is 206 g/mol. The number of hydrogen-bond donors (Lipinski definition) is 1. The standard InChI is InChI=1S/C11H17N3O2/c12-8-2-1-3-9(8)15-6-10-13-11(14-16-10)7-4-5-7/h7-9H,1-6,12H2. The molecule has 3 rings (SSSR count). The third-order valence-electron chi connectivity index (χ3n) is 3.35. The highest BCUT2D eigenvalue weighted by Crippen LogP contribution is 2.38. The molecule has 1 aromatic rings. The first-order valence-electron chi connectivity index (χ1n) is 6.02. The van der Waals surface area contributed by atoms with E-state index in [1.54, 1.807) is 0 Å². The van der Waals surface area contributed by atoms with Crippen molar-refractivity contribution in [2.75, 3.05) is 0 Å². The Morgan fingerprint density at radius 3 is 2.88 bits per heavy atom. The van der Waals surface area contributed by atoms with Gasteiger partial charge >= 0.3 is 0 Å². The first-order chi connectivity index (χ1) is 7.83. The van der Waals surface area contributed by atoms with E-state index >= 15 is 0 Å². The number of rotatable bonds is 4. The summed E-state index contributed by atoms with van der Waals surface area (Å²) in [5, 5.41) is 3.95. The molecule has 0 aromatic carbocycles. The topological polar surface area (TPSA) is 74.2 Å². The van der Waals surface area contributed by atoms with Crippen LogP contribution < -0.4 is 5.73 Å². The summed E-state index contributed by atoms with van der Waals surface area (Å²) in [6, 6.07) is 0.172. The molecule has 0 radical (unpaired) electrons. The van der Waals surface area contributed by atoms with Gasteiger partial charge in [-0.05, 0) is 32.1 Å². The van der Waals surface area contributed by atoms with Crippen LogP contribution in [0.3, 0.4) is 0 Å². The minimum Gasteiger partial charge on any atom is -0.367 e. The Hall–Kier alpha value is -0.940. The Kier molecular flexibility index (Phi) is 2.65. The molecule has 2 saturated carbocycles. The summed E-state index contributed by atoms with van der Waals surface area (Å²) in [4.78, 5) is 4.31. The van der Waals surface area contributed by atoms with Gasteiger partial charge in [-0.15, -0.1) is 0 Å². The highest BCUT2D eigenvalue weighted by Gasteiger charge is 2.29. The normalized spacial score (nSPS) is 29.8. The van der Waals surface area contributed by atoms with Crippen LogP contribution in [-0.2, 0) is 11.3 Å². The molecule has 2 aliphatic carbocycles. The summed E-state index contributed by atoms with van der Waals surface area (Å²) >= 11 is 0. The molecule has 0 aliphatic heterocycles. The summed E-state index contributed by atoms with van der Waals surface area (Å²) in [6.07, 6.45) is 5.80. The zero-order chi connectivity index (χ0) is 11.0. The van der Waals surface area contributed by atoms with E-state index in [9.17, 15) is 0 Å². The molecule has 1 aromatic heterocycles. The van der Waals surface area contributed by atoms with E-state index in [2.05, 4.69) is 10.1 Å². The van der Waals surface area contributed by atoms with Crippen LogP contribution in [0.2, 0.25) is 0 Å². The zero-order valence-corrected chi connectivity index (χ0v) is 9.26. The molecule has 2 N–H and O–H groups in total. The van der Waals surface area contributed by atoms with E-state index < -0.39 is 0 Å². The van der Waals surface area contributed by atoms with Crippen LogP contribution in [0.4, 0.5) is 0 Å². The lowest BCUT2D eigenvalue weighted by Gasteiger charge is -2.14. The van der Waals surface area contributed by atoms with E-state index in [1.807, 2.05) is 0 Å². The molecule has 0 spiro atoms. The van der Waals surface area contributed by atoms with Crippen LogP contribution in [0.15, 0.2) is 4.52 Å². The van der Waals surface area contributed by atoms with Crippen molar-refractivity contribution in [1.82, 2.24) is 10.1 Å². The van der Waals surface area contributed by atoms with Crippen LogP contribution in [0, 0.1) is 0 Å². The summed E-state index contributed by atoms with van der Waals surface area (Å²) in [6.45, 7) is 0.401. The Bertz CT molecular complexity index is 362. The van der Waals surface area contributed by atoms with Crippen molar-refractivity contribution in [3.8, 4) is 0 Å². The lowest BCUT2D eigenvalue weighted by atomic mass is 10.2. The number of hydrogen-bond acceptors (Lipinski definition) is 5. The molecule has 2 fully saturated rings. The smallest absolute Gasteiger partial charge is 0.252 e. The molecule has 2 aliphatic rings. The highest BCUT2D eigenvalue weighted by atomic mass is 16.5. The minimum absolute atomic E-state index is 0.163. The van der Waals surface area contributed by atoms with Gasteiger partial charge in [0.1, 0.15) is 6.61 Å². The highest BCUT2D eigenvalue weighted by molar-refractivity contribution is 5.03. The molecule has 1 heterocycles. The van der Waals surface area contributed by atoms with E-state index in [4.69, 9.17) is 15.0 Å². The molecule has 88 valence electrons. The first-order valence-corrected chi connectivity index (χ1v) is 6.02. The van der Waals surface area contributed by atoms with E-state index in [0.29, 0.717) is 18.4 Å². The summed E-state index contributed by atoms with van der Waals surface area (Å²) in [7, 11) is 0. The van der Waals surface area contributed by atoms with Gasteiger partial charge in [-0.1, -0.05) is 5.16 Å². The minimum atomic E-state index is 0.163. The average Bonchev–Trinajstić information content (AvgIpc) is 2.89. The average molecular weight is 223 g/mol. The number of nitrogens with zero attached hydrogens (tertiary/aromatic N) is 2. The van der Waals surface area contributed by atoms with Crippen molar-refractivity contribution in [3.63, 3.8) is 0 Å². The molecule has 5 nitrogen and oxygen atoms in total. The molecule has 0 amide bonds. The molecule has 5 heteroatoms. The van der Waals surface area contributed by atoms with E-state index in [1.165, 1.54) is 12.8 Å². The molecule has 16 heavy (non-hydrogen) atoms. The number of ether oxygens (including phenoxy) is 1. The van der Waals surface area contributed by atoms with E-state index in [0.717, 1.165) is 25.1 Å². The third kappa shape index (κ3) is 2.10. The third-order valence-corrected chi connectivity index (χ3v) is 3.35. The second-order valence-electron chi connectivity index (χ2n) is 4.76. The fourth-order valence-corrected chi connectivity index (χ4v) is 2.17. The van der Waals surface area contributed by atoms with Gasteiger partial charge in [0.15, 0.2) is 5.82 Å². The van der Waals surface area contributed by atoms with Crippen LogP contribution in [0.1, 0.15) is 49.7 Å². The van der Waals surface area contributed by atoms with Crippen molar-refractivity contribution in [1.29, 1.82) is 0 Å². The van der Waals surface area contributed by atoms with E-state index in [-0.39, 0.29) is 12.1 Å². The lowest BCUT2D eigenvalue weighted by molar-refractivity contribution is 0.0216. The fourth-order valence-electron chi connectivity index (χ4n) is 2.17. The molecule has 0 saturated heterocycles. The van der Waals surface area contributed by atoms with Crippen molar-refractivity contribution in [2.24, 2.45) is 5.73 Å². The van der Waals surface area contributed by atoms with Gasteiger partial charge in [0, 0.05) is 12.0 Å². The molecule has 0 bridgehead atoms. The van der Waals surface area contributed by atoms with Crippen LogP contribution >= 0.6 is 0 Å². The van der Waals surface area contributed by atoms with Crippen molar-refractivity contribution in [2.45, 2.75) is 56.8 Å². The van der Waals surface area contributed by atoms with Gasteiger partial charge in [-0.25, -0.2) is 0 Å². The van der Waals surface area contributed by atoms with Crippen molar-refractivity contribution < 1.29 is 9.26 Å². The maximum absolute atomic E-state index is 5.91. The maximum atomic E-state index is 5.91. The van der Waals surface area contributed by atoms with Gasteiger partial charge in [0.25, 0.3) is 5.89 Å². The first kappa shape index (κ1) is 10.2. The summed E-state index contributed by atoms with van der Waals surface area (Å²) in [5.74, 6) is 1.96. The lowest BCUT2D eigenvalue weighted by Crippen LogP contribution is -2.31. The molecule has 2 atom stereocenters. The Morgan fingerprint density at radius 1 is 1.31 bits per heavy atom. The predicted molar refractivity (Wildman–Crippen MR) is 56.7 cm³/mol. The van der Waals surface area contributed by atoms with Gasteiger partial charge in [-0.2, -0.15) is 4.98 Å². The second kappa shape index (κ2) is 4.14. The number of aromatic nitrogens is 2. The Balaban J connectivity index is 1.53. The Labute approximate surface area is 94.3 Å². The predicted octanol–water partition coefficient (Wildman–Crippen LogP) is 1.34. The maximum Gasteiger partial charge on any atom is 0.252 e. The molecular formula is C11H17N3O2. The van der Waals surface area contributed by atoms with Crippen molar-refractivity contribution in [3.05, 3.63) is 11.7 Å². The van der Waals surface area contributed by atoms with Crippen LogP contribution in [0.5, 0.6) is 0 Å². The quantitative estimate of drug-likeness (QED) is 0.833. The zero-order valence-electron chi connectivity index (χ0n) is 9.26. The second-order valence-corrected chi connectivity index (χ2v) is 4.76. The number of nitrogens with two attached hydrogens (primary N) is 1. The van der Waals surface area contributed by atoms with Crippen molar-refractivity contribution >= 4 is 0 Å².